The van der Waals surface area contributed by atoms with Crippen molar-refractivity contribution in [3.8, 4) is 0 Å². The molecule has 1 atom stereocenters. The number of rotatable bonds is 3. The Kier molecular flexibility index (Phi) is 3.34. The van der Waals surface area contributed by atoms with Gasteiger partial charge in [0.1, 0.15) is 6.33 Å². The van der Waals surface area contributed by atoms with E-state index in [1.165, 1.54) is 26.7 Å². The lowest BCUT2D eigenvalue weighted by Gasteiger charge is -2.13. The Balaban J connectivity index is 2.21. The van der Waals surface area contributed by atoms with Crippen molar-refractivity contribution in [2.75, 3.05) is 0 Å². The number of hydrogen-bond donors (Lipinski definition) is 1. The lowest BCUT2D eigenvalue weighted by Crippen LogP contribution is -2.28. The maximum atomic E-state index is 11.7. The molecule has 0 radical (unpaired) electrons. The summed E-state index contributed by atoms with van der Waals surface area (Å²) in [4.78, 5) is 11.7. The Labute approximate surface area is 106 Å². The van der Waals surface area contributed by atoms with Crippen LogP contribution in [0.15, 0.2) is 29.3 Å². The van der Waals surface area contributed by atoms with Gasteiger partial charge in [0.2, 0.25) is 0 Å². The Morgan fingerprint density at radius 1 is 1.33 bits per heavy atom. The molecular formula is C13H18N4O. The second kappa shape index (κ2) is 4.78. The van der Waals surface area contributed by atoms with Crippen LogP contribution >= 0.6 is 0 Å². The van der Waals surface area contributed by atoms with Gasteiger partial charge in [0.25, 0.3) is 0 Å². The van der Waals surface area contributed by atoms with Gasteiger partial charge < -0.3 is 5.73 Å². The summed E-state index contributed by atoms with van der Waals surface area (Å²) in [5.74, 6) is 0. The van der Waals surface area contributed by atoms with E-state index in [4.69, 9.17) is 5.73 Å². The fraction of sp³-hybridized carbons (Fsp3) is 0.385. The van der Waals surface area contributed by atoms with Crippen molar-refractivity contribution in [3.05, 3.63) is 51.7 Å². The third kappa shape index (κ3) is 2.36. The van der Waals surface area contributed by atoms with Crippen LogP contribution in [0.2, 0.25) is 0 Å². The lowest BCUT2D eigenvalue weighted by molar-refractivity contribution is 0.508. The Morgan fingerprint density at radius 2 is 2.06 bits per heavy atom. The number of aromatic nitrogens is 3. The third-order valence-corrected chi connectivity index (χ3v) is 3.22. The second-order valence-corrected chi connectivity index (χ2v) is 4.66. The highest BCUT2D eigenvalue weighted by Gasteiger charge is 2.10. The van der Waals surface area contributed by atoms with Crippen molar-refractivity contribution in [1.82, 2.24) is 14.3 Å². The molecule has 2 rings (SSSR count). The van der Waals surface area contributed by atoms with Crippen molar-refractivity contribution in [3.63, 3.8) is 0 Å². The standard InChI is InChI=1S/C13H18N4O/c1-9-4-5-11(6-10(9)2)12(14)7-17-13(18)16(3)8-15-17/h4-6,8,12H,7,14H2,1-3H3. The average Bonchev–Trinajstić information content (AvgIpc) is 2.64. The molecule has 0 spiro atoms. The van der Waals surface area contributed by atoms with Gasteiger partial charge >= 0.3 is 5.69 Å². The largest absolute Gasteiger partial charge is 0.345 e. The first-order valence-corrected chi connectivity index (χ1v) is 5.90. The van der Waals surface area contributed by atoms with E-state index in [0.29, 0.717) is 6.54 Å². The van der Waals surface area contributed by atoms with Gasteiger partial charge in [0.05, 0.1) is 6.54 Å². The summed E-state index contributed by atoms with van der Waals surface area (Å²) in [5.41, 5.74) is 9.44. The molecule has 1 aromatic carbocycles. The van der Waals surface area contributed by atoms with Gasteiger partial charge in [-0.3, -0.25) is 4.57 Å². The number of benzene rings is 1. The Hall–Kier alpha value is -1.88. The maximum absolute atomic E-state index is 11.7. The molecule has 1 heterocycles. The summed E-state index contributed by atoms with van der Waals surface area (Å²) in [6.07, 6.45) is 1.50. The van der Waals surface area contributed by atoms with Crippen molar-refractivity contribution in [2.45, 2.75) is 26.4 Å². The summed E-state index contributed by atoms with van der Waals surface area (Å²) in [6, 6.07) is 5.89. The van der Waals surface area contributed by atoms with Gasteiger partial charge in [-0.1, -0.05) is 18.2 Å². The highest BCUT2D eigenvalue weighted by molar-refractivity contribution is 5.31. The normalized spacial score (nSPS) is 12.7. The van der Waals surface area contributed by atoms with E-state index in [9.17, 15) is 4.79 Å². The van der Waals surface area contributed by atoms with Gasteiger partial charge in [-0.15, -0.1) is 0 Å². The predicted molar refractivity (Wildman–Crippen MR) is 70.3 cm³/mol. The zero-order valence-corrected chi connectivity index (χ0v) is 10.9. The van der Waals surface area contributed by atoms with Crippen LogP contribution < -0.4 is 11.4 Å². The van der Waals surface area contributed by atoms with Crippen LogP contribution in [0.3, 0.4) is 0 Å². The van der Waals surface area contributed by atoms with Gasteiger partial charge in [-0.05, 0) is 30.5 Å². The molecule has 0 amide bonds. The van der Waals surface area contributed by atoms with E-state index in [0.717, 1.165) is 5.56 Å². The highest BCUT2D eigenvalue weighted by Crippen LogP contribution is 2.16. The van der Waals surface area contributed by atoms with Crippen molar-refractivity contribution >= 4 is 0 Å². The molecule has 0 aliphatic heterocycles. The first-order chi connectivity index (χ1) is 8.49. The molecule has 0 fully saturated rings. The molecule has 0 saturated carbocycles. The molecule has 96 valence electrons. The smallest absolute Gasteiger partial charge is 0.322 e. The fourth-order valence-corrected chi connectivity index (χ4v) is 1.83. The molecule has 1 unspecified atom stereocenters. The van der Waals surface area contributed by atoms with Crippen molar-refractivity contribution in [1.29, 1.82) is 0 Å². The molecule has 0 aliphatic rings. The minimum absolute atomic E-state index is 0.144. The van der Waals surface area contributed by atoms with Gasteiger partial charge in [-0.25, -0.2) is 9.48 Å². The van der Waals surface area contributed by atoms with Gasteiger partial charge in [-0.2, -0.15) is 5.10 Å². The minimum Gasteiger partial charge on any atom is -0.322 e. The second-order valence-electron chi connectivity index (χ2n) is 4.66. The van der Waals surface area contributed by atoms with Crippen LogP contribution in [0.5, 0.6) is 0 Å². The first kappa shape index (κ1) is 12.6. The van der Waals surface area contributed by atoms with E-state index in [-0.39, 0.29) is 11.7 Å². The summed E-state index contributed by atoms with van der Waals surface area (Å²) in [7, 11) is 1.67. The van der Waals surface area contributed by atoms with Crippen LogP contribution in [0.4, 0.5) is 0 Å². The van der Waals surface area contributed by atoms with Crippen LogP contribution in [0.25, 0.3) is 0 Å². The molecule has 0 aliphatic carbocycles. The van der Waals surface area contributed by atoms with Crippen LogP contribution in [-0.2, 0) is 13.6 Å². The Morgan fingerprint density at radius 3 is 2.61 bits per heavy atom. The fourth-order valence-electron chi connectivity index (χ4n) is 1.83. The monoisotopic (exact) mass is 246 g/mol. The molecular weight excluding hydrogens is 228 g/mol. The van der Waals surface area contributed by atoms with Crippen LogP contribution in [-0.4, -0.2) is 14.3 Å². The van der Waals surface area contributed by atoms with E-state index in [1.54, 1.807) is 7.05 Å². The summed E-state index contributed by atoms with van der Waals surface area (Å²) in [6.45, 7) is 4.51. The summed E-state index contributed by atoms with van der Waals surface area (Å²) in [5, 5.41) is 4.01. The Bertz CT molecular complexity index is 612. The molecule has 5 heteroatoms. The molecule has 0 bridgehead atoms. The summed E-state index contributed by atoms with van der Waals surface area (Å²) >= 11 is 0. The molecule has 18 heavy (non-hydrogen) atoms. The predicted octanol–water partition coefficient (Wildman–Crippen LogP) is 0.899. The third-order valence-electron chi connectivity index (χ3n) is 3.22. The highest BCUT2D eigenvalue weighted by atomic mass is 16.2. The number of aryl methyl sites for hydroxylation is 3. The van der Waals surface area contributed by atoms with Crippen molar-refractivity contribution < 1.29 is 0 Å². The van der Waals surface area contributed by atoms with E-state index >= 15 is 0 Å². The minimum atomic E-state index is -0.225. The molecule has 0 saturated heterocycles. The average molecular weight is 246 g/mol. The molecule has 2 aromatic rings. The van der Waals surface area contributed by atoms with E-state index in [1.807, 2.05) is 12.1 Å². The number of nitrogens with two attached hydrogens (primary N) is 1. The molecule has 1 aromatic heterocycles. The van der Waals surface area contributed by atoms with E-state index < -0.39 is 0 Å². The number of nitrogens with zero attached hydrogens (tertiary/aromatic N) is 3. The van der Waals surface area contributed by atoms with Gasteiger partial charge in [0.15, 0.2) is 0 Å². The SMILES string of the molecule is Cc1ccc(C(N)Cn2ncn(C)c2=O)cc1C. The van der Waals surface area contributed by atoms with Gasteiger partial charge in [0, 0.05) is 13.1 Å². The maximum Gasteiger partial charge on any atom is 0.345 e. The van der Waals surface area contributed by atoms with Crippen LogP contribution in [0, 0.1) is 13.8 Å². The number of hydrogen-bond acceptors (Lipinski definition) is 3. The molecule has 2 N–H and O–H groups in total. The first-order valence-electron chi connectivity index (χ1n) is 5.90. The zero-order valence-electron chi connectivity index (χ0n) is 10.9. The topological polar surface area (TPSA) is 65.8 Å². The lowest BCUT2D eigenvalue weighted by atomic mass is 10.0. The zero-order chi connectivity index (χ0) is 13.3. The quantitative estimate of drug-likeness (QED) is 0.875. The van der Waals surface area contributed by atoms with E-state index in [2.05, 4.69) is 25.0 Å². The van der Waals surface area contributed by atoms with Crippen LogP contribution in [0.1, 0.15) is 22.7 Å². The van der Waals surface area contributed by atoms with Crippen molar-refractivity contribution in [2.24, 2.45) is 12.8 Å². The molecule has 5 nitrogen and oxygen atoms in total. The summed E-state index contributed by atoms with van der Waals surface area (Å²) < 4.78 is 2.83.